The van der Waals surface area contributed by atoms with E-state index < -0.39 is 0 Å². The van der Waals surface area contributed by atoms with Crippen molar-refractivity contribution in [2.75, 3.05) is 26.8 Å². The first-order valence-electron chi connectivity index (χ1n) is 10.7. The van der Waals surface area contributed by atoms with Gasteiger partial charge in [0, 0.05) is 38.2 Å². The van der Waals surface area contributed by atoms with Gasteiger partial charge in [-0.2, -0.15) is 5.10 Å². The molecule has 1 N–H and O–H groups in total. The molecule has 4 rings (SSSR count). The van der Waals surface area contributed by atoms with Gasteiger partial charge in [-0.3, -0.25) is 9.48 Å². The summed E-state index contributed by atoms with van der Waals surface area (Å²) in [5.41, 5.74) is 2.20. The fourth-order valence-corrected chi connectivity index (χ4v) is 4.39. The number of unbranched alkanes of at least 4 members (excludes halogenated alkanes) is 1. The smallest absolute Gasteiger partial charge is 0.227 e. The largest absolute Gasteiger partial charge is 0.385 e. The van der Waals surface area contributed by atoms with Crippen LogP contribution in [0.2, 0.25) is 0 Å². The maximum Gasteiger partial charge on any atom is 0.227 e. The number of carbonyl (C=O) groups excluding carboxylic acids is 1. The summed E-state index contributed by atoms with van der Waals surface area (Å²) in [5, 5.41) is 9.50. The van der Waals surface area contributed by atoms with E-state index in [0.29, 0.717) is 11.9 Å². The summed E-state index contributed by atoms with van der Waals surface area (Å²) in [5.74, 6) is 0.421. The number of aryl methyl sites for hydroxylation is 1. The molecule has 1 aliphatic heterocycles. The van der Waals surface area contributed by atoms with E-state index in [1.165, 1.54) is 5.39 Å². The van der Waals surface area contributed by atoms with Crippen molar-refractivity contribution in [2.24, 2.45) is 5.92 Å². The SMILES string of the molecule is COCCCCn1nc([C@@H](C)N(C(=O)[C@@H]2CCNC2)C2CC2)c2ccccc21. The normalized spacial score (nSPS) is 20.6. The van der Waals surface area contributed by atoms with Crippen LogP contribution in [0.25, 0.3) is 10.9 Å². The van der Waals surface area contributed by atoms with Crippen molar-refractivity contribution in [3.05, 3.63) is 30.0 Å². The molecule has 1 aromatic heterocycles. The Labute approximate surface area is 167 Å². The summed E-state index contributed by atoms with van der Waals surface area (Å²) in [4.78, 5) is 15.4. The van der Waals surface area contributed by atoms with Gasteiger partial charge in [0.25, 0.3) is 0 Å². The lowest BCUT2D eigenvalue weighted by Gasteiger charge is -2.31. The summed E-state index contributed by atoms with van der Waals surface area (Å²) in [6.45, 7) is 5.57. The van der Waals surface area contributed by atoms with E-state index in [2.05, 4.69) is 46.1 Å². The molecule has 2 aliphatic rings. The van der Waals surface area contributed by atoms with Crippen LogP contribution in [0, 0.1) is 5.92 Å². The molecule has 1 aromatic carbocycles. The molecule has 0 radical (unpaired) electrons. The predicted molar refractivity (Wildman–Crippen MR) is 110 cm³/mol. The highest BCUT2D eigenvalue weighted by molar-refractivity contribution is 5.84. The first kappa shape index (κ1) is 19.4. The van der Waals surface area contributed by atoms with E-state index >= 15 is 0 Å². The fourth-order valence-electron chi connectivity index (χ4n) is 4.39. The number of methoxy groups -OCH3 is 1. The summed E-state index contributed by atoms with van der Waals surface area (Å²) < 4.78 is 7.29. The Balaban J connectivity index is 1.60. The average Bonchev–Trinajstić information content (AvgIpc) is 3.26. The summed E-state index contributed by atoms with van der Waals surface area (Å²) in [6, 6.07) is 8.81. The molecule has 1 amide bonds. The van der Waals surface area contributed by atoms with Crippen molar-refractivity contribution >= 4 is 16.8 Å². The molecule has 2 aromatic rings. The number of hydrogen-bond acceptors (Lipinski definition) is 4. The fraction of sp³-hybridized carbons (Fsp3) is 0.636. The zero-order valence-corrected chi connectivity index (χ0v) is 17.1. The summed E-state index contributed by atoms with van der Waals surface area (Å²) >= 11 is 0. The zero-order valence-electron chi connectivity index (χ0n) is 17.1. The summed E-state index contributed by atoms with van der Waals surface area (Å²) in [6.07, 6.45) is 5.24. The molecule has 6 heteroatoms. The van der Waals surface area contributed by atoms with Crippen LogP contribution < -0.4 is 5.32 Å². The lowest BCUT2D eigenvalue weighted by atomic mass is 10.0. The first-order valence-corrected chi connectivity index (χ1v) is 10.7. The second-order valence-electron chi connectivity index (χ2n) is 8.17. The topological polar surface area (TPSA) is 59.4 Å². The Morgan fingerprint density at radius 1 is 1.32 bits per heavy atom. The van der Waals surface area contributed by atoms with E-state index in [-0.39, 0.29) is 12.0 Å². The van der Waals surface area contributed by atoms with Crippen molar-refractivity contribution in [1.82, 2.24) is 20.0 Å². The lowest BCUT2D eigenvalue weighted by molar-refractivity contribution is -0.137. The highest BCUT2D eigenvalue weighted by Gasteiger charge is 2.40. The molecule has 0 spiro atoms. The Morgan fingerprint density at radius 2 is 2.14 bits per heavy atom. The molecular weight excluding hydrogens is 352 g/mol. The van der Waals surface area contributed by atoms with Gasteiger partial charge >= 0.3 is 0 Å². The van der Waals surface area contributed by atoms with Gasteiger partial charge in [-0.15, -0.1) is 0 Å². The molecule has 2 heterocycles. The van der Waals surface area contributed by atoms with Crippen molar-refractivity contribution in [3.63, 3.8) is 0 Å². The molecule has 0 bridgehead atoms. The first-order chi connectivity index (χ1) is 13.7. The predicted octanol–water partition coefficient (Wildman–Crippen LogP) is 3.12. The molecule has 28 heavy (non-hydrogen) atoms. The number of ether oxygens (including phenoxy) is 1. The number of benzene rings is 1. The maximum atomic E-state index is 13.3. The van der Waals surface area contributed by atoms with Gasteiger partial charge in [0.15, 0.2) is 0 Å². The van der Waals surface area contributed by atoms with Gasteiger partial charge in [0.1, 0.15) is 0 Å². The van der Waals surface area contributed by atoms with Gasteiger partial charge in [-0.25, -0.2) is 0 Å². The monoisotopic (exact) mass is 384 g/mol. The van der Waals surface area contributed by atoms with E-state index in [0.717, 1.165) is 69.6 Å². The number of amides is 1. The molecule has 1 saturated carbocycles. The molecule has 1 saturated heterocycles. The van der Waals surface area contributed by atoms with Crippen molar-refractivity contribution in [1.29, 1.82) is 0 Å². The van der Waals surface area contributed by atoms with Crippen LogP contribution in [-0.4, -0.2) is 53.4 Å². The highest BCUT2D eigenvalue weighted by atomic mass is 16.5. The zero-order chi connectivity index (χ0) is 19.5. The van der Waals surface area contributed by atoms with Gasteiger partial charge < -0.3 is 15.0 Å². The van der Waals surface area contributed by atoms with Crippen LogP contribution in [0.5, 0.6) is 0 Å². The van der Waals surface area contributed by atoms with E-state index in [1.54, 1.807) is 7.11 Å². The molecule has 2 atom stereocenters. The van der Waals surface area contributed by atoms with Gasteiger partial charge in [-0.1, -0.05) is 18.2 Å². The van der Waals surface area contributed by atoms with Crippen LogP contribution in [0.4, 0.5) is 0 Å². The minimum Gasteiger partial charge on any atom is -0.385 e. The Bertz CT molecular complexity index is 808. The Kier molecular flexibility index (Phi) is 5.97. The second kappa shape index (κ2) is 8.62. The standard InChI is InChI=1S/C22H32N4O2/c1-16(26(18-9-10-18)22(27)17-11-12-23-15-17)21-19-7-3-4-8-20(19)25(24-21)13-5-6-14-28-2/h3-4,7-8,16-18,23H,5-6,9-15H2,1-2H3/t16-,17-/m1/s1. The number of hydrogen-bond donors (Lipinski definition) is 1. The number of fused-ring (bicyclic) bond motifs is 1. The van der Waals surface area contributed by atoms with Crippen LogP contribution in [0.1, 0.15) is 50.8 Å². The molecule has 1 aliphatic carbocycles. The number of rotatable bonds is 9. The minimum atomic E-state index is 0.00530. The number of aromatic nitrogens is 2. The maximum absolute atomic E-state index is 13.3. The summed E-state index contributed by atoms with van der Waals surface area (Å²) in [7, 11) is 1.74. The Morgan fingerprint density at radius 3 is 2.86 bits per heavy atom. The van der Waals surface area contributed by atoms with Crippen molar-refractivity contribution in [3.8, 4) is 0 Å². The third-order valence-electron chi connectivity index (χ3n) is 6.07. The third-order valence-corrected chi connectivity index (χ3v) is 6.07. The van der Waals surface area contributed by atoms with Gasteiger partial charge in [-0.05, 0) is 51.6 Å². The van der Waals surface area contributed by atoms with Crippen LogP contribution in [0.15, 0.2) is 24.3 Å². The van der Waals surface area contributed by atoms with Crippen LogP contribution in [0.3, 0.4) is 0 Å². The van der Waals surface area contributed by atoms with Crippen molar-refractivity contribution < 1.29 is 9.53 Å². The molecule has 6 nitrogen and oxygen atoms in total. The van der Waals surface area contributed by atoms with Gasteiger partial charge in [0.2, 0.25) is 5.91 Å². The van der Waals surface area contributed by atoms with Crippen LogP contribution >= 0.6 is 0 Å². The van der Waals surface area contributed by atoms with E-state index in [4.69, 9.17) is 9.84 Å². The number of nitrogens with zero attached hydrogens (tertiary/aromatic N) is 3. The number of para-hydroxylation sites is 1. The van der Waals surface area contributed by atoms with Crippen molar-refractivity contribution in [2.45, 2.75) is 57.7 Å². The lowest BCUT2D eigenvalue weighted by Crippen LogP contribution is -2.40. The molecule has 152 valence electrons. The molecular formula is C22H32N4O2. The number of nitrogens with one attached hydrogen (secondary N) is 1. The second-order valence-corrected chi connectivity index (χ2v) is 8.17. The molecule has 2 fully saturated rings. The van der Waals surface area contributed by atoms with Crippen LogP contribution in [-0.2, 0) is 16.1 Å². The van der Waals surface area contributed by atoms with E-state index in [9.17, 15) is 4.79 Å². The minimum absolute atomic E-state index is 0.00530. The van der Waals surface area contributed by atoms with Gasteiger partial charge in [0.05, 0.1) is 23.2 Å². The molecule has 0 unspecified atom stereocenters. The quantitative estimate of drug-likeness (QED) is 0.675. The van der Waals surface area contributed by atoms with E-state index in [1.807, 2.05) is 0 Å². The third kappa shape index (κ3) is 3.94. The number of carbonyl (C=O) groups is 1. The highest BCUT2D eigenvalue weighted by Crippen LogP contribution is 2.38. The average molecular weight is 385 g/mol. The Hall–Kier alpha value is -1.92.